The van der Waals surface area contributed by atoms with Crippen LogP contribution in [0.1, 0.15) is 12.7 Å². The van der Waals surface area contributed by atoms with Crippen LogP contribution in [0.5, 0.6) is 0 Å². The molecule has 0 spiro atoms. The van der Waals surface area contributed by atoms with Gasteiger partial charge in [0.15, 0.2) is 0 Å². The van der Waals surface area contributed by atoms with Gasteiger partial charge in [0.25, 0.3) is 0 Å². The number of nitrogens with one attached hydrogen (secondary N) is 1. The maximum atomic E-state index is 4.61. The van der Waals surface area contributed by atoms with Crippen LogP contribution >= 0.6 is 15.9 Å². The fourth-order valence-corrected chi connectivity index (χ4v) is 2.95. The third-order valence-electron chi connectivity index (χ3n) is 3.58. The minimum atomic E-state index is 0.736. The number of rotatable bonds is 5. The van der Waals surface area contributed by atoms with Crippen molar-refractivity contribution >= 4 is 38.9 Å². The second-order valence-corrected chi connectivity index (χ2v) is 6.29. The van der Waals surface area contributed by atoms with Crippen LogP contribution in [0.25, 0.3) is 0 Å². The molecule has 1 aromatic heterocycles. The molecule has 1 N–H and O–H groups in total. The Balaban J connectivity index is 1.93. The van der Waals surface area contributed by atoms with E-state index in [2.05, 4.69) is 55.2 Å². The molecule has 1 heterocycles. The Hall–Kier alpha value is -2.40. The number of aromatic nitrogens is 2. The summed E-state index contributed by atoms with van der Waals surface area (Å²) in [5, 5.41) is 3.35. The van der Waals surface area contributed by atoms with Gasteiger partial charge in [0.2, 0.25) is 0 Å². The van der Waals surface area contributed by atoms with Crippen LogP contribution in [0.2, 0.25) is 0 Å². The average Bonchev–Trinajstić information content (AvgIpc) is 2.56. The van der Waals surface area contributed by atoms with Gasteiger partial charge in [-0.15, -0.1) is 0 Å². The summed E-state index contributed by atoms with van der Waals surface area (Å²) in [6.45, 7) is 4.86. The molecule has 3 aromatic rings. The highest BCUT2D eigenvalue weighted by atomic mass is 79.9. The van der Waals surface area contributed by atoms with Gasteiger partial charge in [-0.2, -0.15) is 0 Å². The first-order chi connectivity index (χ1) is 11.7. The smallest absolute Gasteiger partial charge is 0.138 e. The predicted molar refractivity (Wildman–Crippen MR) is 103 cm³/mol. The molecule has 2 aromatic carbocycles. The van der Waals surface area contributed by atoms with E-state index >= 15 is 0 Å². The predicted octanol–water partition coefficient (Wildman–Crippen LogP) is 5.45. The van der Waals surface area contributed by atoms with Gasteiger partial charge in [0, 0.05) is 28.5 Å². The highest BCUT2D eigenvalue weighted by molar-refractivity contribution is 9.10. The lowest BCUT2D eigenvalue weighted by atomic mass is 10.2. The third-order valence-corrected chi connectivity index (χ3v) is 4.08. The van der Waals surface area contributed by atoms with Crippen LogP contribution in [0, 0.1) is 6.92 Å². The molecule has 0 atom stereocenters. The summed E-state index contributed by atoms with van der Waals surface area (Å²) in [6.07, 6.45) is 0. The molecule has 4 nitrogen and oxygen atoms in total. The van der Waals surface area contributed by atoms with Gasteiger partial charge < -0.3 is 10.2 Å². The number of halogens is 1. The number of para-hydroxylation sites is 1. The molecular weight excluding hydrogens is 364 g/mol. The summed E-state index contributed by atoms with van der Waals surface area (Å²) in [6, 6.07) is 20.2. The molecule has 0 aliphatic carbocycles. The number of hydrogen-bond donors (Lipinski definition) is 1. The van der Waals surface area contributed by atoms with Crippen molar-refractivity contribution in [2.45, 2.75) is 13.8 Å². The summed E-state index contributed by atoms with van der Waals surface area (Å²) in [7, 11) is 0. The third kappa shape index (κ3) is 3.92. The summed E-state index contributed by atoms with van der Waals surface area (Å²) in [5.41, 5.74) is 2.10. The zero-order chi connectivity index (χ0) is 16.9. The van der Waals surface area contributed by atoms with E-state index < -0.39 is 0 Å². The van der Waals surface area contributed by atoms with E-state index in [1.807, 2.05) is 55.5 Å². The Morgan fingerprint density at radius 1 is 1.00 bits per heavy atom. The highest BCUT2D eigenvalue weighted by Gasteiger charge is 2.11. The lowest BCUT2D eigenvalue weighted by Crippen LogP contribution is -2.18. The van der Waals surface area contributed by atoms with Crippen molar-refractivity contribution in [3.63, 3.8) is 0 Å². The van der Waals surface area contributed by atoms with Crippen molar-refractivity contribution in [1.82, 2.24) is 9.97 Å². The number of nitrogens with zero attached hydrogens (tertiary/aromatic N) is 3. The normalized spacial score (nSPS) is 10.5. The van der Waals surface area contributed by atoms with Crippen molar-refractivity contribution in [2.24, 2.45) is 0 Å². The van der Waals surface area contributed by atoms with E-state index in [0.29, 0.717) is 0 Å². The zero-order valence-electron chi connectivity index (χ0n) is 13.7. The maximum Gasteiger partial charge on any atom is 0.138 e. The van der Waals surface area contributed by atoms with Gasteiger partial charge in [0.05, 0.1) is 0 Å². The molecule has 0 saturated heterocycles. The van der Waals surface area contributed by atoms with Crippen LogP contribution in [0.3, 0.4) is 0 Å². The lowest BCUT2D eigenvalue weighted by molar-refractivity contribution is 0.953. The van der Waals surface area contributed by atoms with Crippen molar-refractivity contribution in [3.8, 4) is 0 Å². The van der Waals surface area contributed by atoms with Crippen molar-refractivity contribution in [2.75, 3.05) is 16.8 Å². The summed E-state index contributed by atoms with van der Waals surface area (Å²) >= 11 is 3.49. The first-order valence-electron chi connectivity index (χ1n) is 7.86. The fourth-order valence-electron chi connectivity index (χ4n) is 2.55. The van der Waals surface area contributed by atoms with Crippen molar-refractivity contribution in [3.05, 3.63) is 71.0 Å². The second-order valence-electron chi connectivity index (χ2n) is 5.37. The molecule has 5 heteroatoms. The summed E-state index contributed by atoms with van der Waals surface area (Å²) in [4.78, 5) is 11.3. The molecular formula is C19H19BrN4. The Labute approximate surface area is 150 Å². The largest absolute Gasteiger partial charge is 0.340 e. The minimum Gasteiger partial charge on any atom is -0.340 e. The highest BCUT2D eigenvalue weighted by Crippen LogP contribution is 2.26. The topological polar surface area (TPSA) is 41.0 Å². The van der Waals surface area contributed by atoms with E-state index in [1.165, 1.54) is 0 Å². The van der Waals surface area contributed by atoms with Crippen LogP contribution in [-0.4, -0.2) is 16.5 Å². The molecule has 0 aliphatic rings. The Bertz CT molecular complexity index is 821. The molecule has 0 fully saturated rings. The van der Waals surface area contributed by atoms with Crippen LogP contribution in [0.15, 0.2) is 65.1 Å². The molecule has 24 heavy (non-hydrogen) atoms. The van der Waals surface area contributed by atoms with E-state index in [-0.39, 0.29) is 0 Å². The number of aryl methyl sites for hydroxylation is 1. The molecule has 0 bridgehead atoms. The maximum absolute atomic E-state index is 4.61. The first-order valence-corrected chi connectivity index (χ1v) is 8.66. The van der Waals surface area contributed by atoms with Crippen molar-refractivity contribution < 1.29 is 0 Å². The molecule has 3 rings (SSSR count). The van der Waals surface area contributed by atoms with Gasteiger partial charge in [-0.05, 0) is 44.2 Å². The van der Waals surface area contributed by atoms with Crippen LogP contribution in [0.4, 0.5) is 23.0 Å². The Kier molecular flexibility index (Phi) is 5.11. The first kappa shape index (κ1) is 16.5. The minimum absolute atomic E-state index is 0.736. The molecule has 0 unspecified atom stereocenters. The monoisotopic (exact) mass is 382 g/mol. The Morgan fingerprint density at radius 2 is 1.79 bits per heavy atom. The van der Waals surface area contributed by atoms with E-state index in [1.54, 1.807) is 0 Å². The van der Waals surface area contributed by atoms with E-state index in [0.717, 1.165) is 39.9 Å². The second kappa shape index (κ2) is 7.45. The summed E-state index contributed by atoms with van der Waals surface area (Å²) in [5.74, 6) is 2.40. The van der Waals surface area contributed by atoms with Crippen LogP contribution in [-0.2, 0) is 0 Å². The number of hydrogen-bond acceptors (Lipinski definition) is 4. The zero-order valence-corrected chi connectivity index (χ0v) is 15.3. The molecule has 0 aliphatic heterocycles. The standard InChI is InChI=1S/C19H19BrN4/c1-3-24(17-10-5-4-6-11-17)19-13-18(21-14(2)22-19)23-16-9-7-8-15(20)12-16/h4-13H,3H2,1-2H3,(H,21,22,23). The summed E-state index contributed by atoms with van der Waals surface area (Å²) < 4.78 is 1.03. The lowest BCUT2D eigenvalue weighted by Gasteiger charge is -2.23. The number of benzene rings is 2. The number of anilines is 4. The van der Waals surface area contributed by atoms with Gasteiger partial charge in [-0.3, -0.25) is 0 Å². The van der Waals surface area contributed by atoms with Gasteiger partial charge >= 0.3 is 0 Å². The molecule has 0 radical (unpaired) electrons. The fraction of sp³-hybridized carbons (Fsp3) is 0.158. The van der Waals surface area contributed by atoms with E-state index in [4.69, 9.17) is 0 Å². The van der Waals surface area contributed by atoms with E-state index in [9.17, 15) is 0 Å². The Morgan fingerprint density at radius 3 is 2.50 bits per heavy atom. The van der Waals surface area contributed by atoms with Crippen LogP contribution < -0.4 is 10.2 Å². The van der Waals surface area contributed by atoms with Gasteiger partial charge in [-0.1, -0.05) is 40.2 Å². The average molecular weight is 383 g/mol. The molecule has 122 valence electrons. The van der Waals surface area contributed by atoms with Crippen molar-refractivity contribution in [1.29, 1.82) is 0 Å². The quantitative estimate of drug-likeness (QED) is 0.636. The molecule has 0 amide bonds. The molecule has 0 saturated carbocycles. The van der Waals surface area contributed by atoms with Gasteiger partial charge in [-0.25, -0.2) is 9.97 Å². The SMILES string of the molecule is CCN(c1ccccc1)c1cc(Nc2cccc(Br)c2)nc(C)n1. The van der Waals surface area contributed by atoms with Gasteiger partial charge in [0.1, 0.15) is 17.5 Å².